The second-order valence-electron chi connectivity index (χ2n) is 3.25. The molecule has 0 atom stereocenters. The summed E-state index contributed by atoms with van der Waals surface area (Å²) in [5, 5.41) is 0. The van der Waals surface area contributed by atoms with Crippen LogP contribution in [0.5, 0.6) is 0 Å². The Balaban J connectivity index is 2.80. The molecule has 12 heavy (non-hydrogen) atoms. The molecule has 1 saturated carbocycles. The summed E-state index contributed by atoms with van der Waals surface area (Å²) >= 11 is 0. The minimum absolute atomic E-state index is 1.17. The van der Waals surface area contributed by atoms with Gasteiger partial charge in [-0.3, -0.25) is 0 Å². The van der Waals surface area contributed by atoms with Crippen molar-refractivity contribution in [2.75, 3.05) is 0 Å². The lowest BCUT2D eigenvalue weighted by atomic mass is 9.85. The van der Waals surface area contributed by atoms with Gasteiger partial charge in [0.25, 0.3) is 0 Å². The molecule has 0 aromatic rings. The van der Waals surface area contributed by atoms with E-state index in [9.17, 15) is 0 Å². The average molecular weight is 162 g/mol. The summed E-state index contributed by atoms with van der Waals surface area (Å²) < 4.78 is 0. The fraction of sp³-hybridized carbons (Fsp3) is 0.500. The first-order valence-corrected chi connectivity index (χ1v) is 4.76. The van der Waals surface area contributed by atoms with E-state index >= 15 is 0 Å². The number of hydrogen-bond donors (Lipinski definition) is 0. The smallest absolute Gasteiger partial charge is 0.00678 e. The maximum Gasteiger partial charge on any atom is -0.00678 e. The molecule has 0 saturated heterocycles. The van der Waals surface area contributed by atoms with E-state index in [4.69, 9.17) is 0 Å². The van der Waals surface area contributed by atoms with Crippen LogP contribution in [-0.2, 0) is 0 Å². The van der Waals surface area contributed by atoms with Crippen LogP contribution >= 0.6 is 0 Å². The highest BCUT2D eigenvalue weighted by molar-refractivity contribution is 5.38. The summed E-state index contributed by atoms with van der Waals surface area (Å²) in [6.45, 7) is 6.42. The van der Waals surface area contributed by atoms with Crippen molar-refractivity contribution in [3.05, 3.63) is 34.9 Å². The Kier molecular flexibility index (Phi) is 3.33. The zero-order chi connectivity index (χ0) is 8.97. The first-order valence-electron chi connectivity index (χ1n) is 4.76. The van der Waals surface area contributed by atoms with E-state index < -0.39 is 0 Å². The maximum absolute atomic E-state index is 2.26. The van der Waals surface area contributed by atoms with Gasteiger partial charge in [0, 0.05) is 0 Å². The summed E-state index contributed by atoms with van der Waals surface area (Å²) in [7, 11) is 0. The third-order valence-corrected chi connectivity index (χ3v) is 2.65. The van der Waals surface area contributed by atoms with Crippen LogP contribution in [0, 0.1) is 0 Å². The number of allylic oxidation sites excluding steroid dienone is 6. The van der Waals surface area contributed by atoms with E-state index in [1.165, 1.54) is 24.8 Å². The predicted molar refractivity (Wildman–Crippen MR) is 55.1 cm³/mol. The van der Waals surface area contributed by atoms with Gasteiger partial charge in [0.05, 0.1) is 0 Å². The summed E-state index contributed by atoms with van der Waals surface area (Å²) in [6, 6.07) is 0. The second kappa shape index (κ2) is 4.30. The van der Waals surface area contributed by atoms with Crippen LogP contribution in [0.1, 0.15) is 40.0 Å². The topological polar surface area (TPSA) is 0 Å². The molecule has 0 heteroatoms. The summed E-state index contributed by atoms with van der Waals surface area (Å²) in [4.78, 5) is 0. The van der Waals surface area contributed by atoms with Gasteiger partial charge in [0.2, 0.25) is 0 Å². The molecule has 1 aliphatic rings. The minimum Gasteiger partial charge on any atom is -0.0881 e. The molecule has 0 aromatic heterocycles. The van der Waals surface area contributed by atoms with Crippen molar-refractivity contribution in [3.8, 4) is 0 Å². The zero-order valence-electron chi connectivity index (χ0n) is 8.35. The molecule has 0 aliphatic heterocycles. The average Bonchev–Trinajstić information content (AvgIpc) is 2.16. The highest BCUT2D eigenvalue weighted by Gasteiger charge is 2.12. The third kappa shape index (κ3) is 1.88. The quantitative estimate of drug-likeness (QED) is 0.472. The fourth-order valence-electron chi connectivity index (χ4n) is 1.77. The standard InChI is InChI=1S/C12H18/c1-4-10-7-8-11(5-2)12(6-3)9-10/h4-6H,7-9H2,1-3H3. The van der Waals surface area contributed by atoms with Gasteiger partial charge in [-0.05, 0) is 51.2 Å². The fourth-order valence-corrected chi connectivity index (χ4v) is 1.77. The Morgan fingerprint density at radius 1 is 0.833 bits per heavy atom. The summed E-state index contributed by atoms with van der Waals surface area (Å²) in [5.41, 5.74) is 4.66. The van der Waals surface area contributed by atoms with Gasteiger partial charge >= 0.3 is 0 Å². The monoisotopic (exact) mass is 162 g/mol. The molecule has 0 heterocycles. The molecule has 0 aromatic carbocycles. The Bertz CT molecular complexity index is 239. The second-order valence-corrected chi connectivity index (χ2v) is 3.25. The first kappa shape index (κ1) is 9.31. The predicted octanol–water partition coefficient (Wildman–Crippen LogP) is 4.01. The molecule has 66 valence electrons. The van der Waals surface area contributed by atoms with E-state index in [1.807, 2.05) is 0 Å². The van der Waals surface area contributed by atoms with E-state index in [0.29, 0.717) is 0 Å². The Morgan fingerprint density at radius 2 is 1.50 bits per heavy atom. The first-order chi connectivity index (χ1) is 5.81. The molecular weight excluding hydrogens is 144 g/mol. The van der Waals surface area contributed by atoms with Gasteiger partial charge in [-0.25, -0.2) is 0 Å². The van der Waals surface area contributed by atoms with E-state index in [2.05, 4.69) is 39.0 Å². The van der Waals surface area contributed by atoms with Crippen molar-refractivity contribution < 1.29 is 0 Å². The van der Waals surface area contributed by atoms with Crippen molar-refractivity contribution in [2.24, 2.45) is 0 Å². The Morgan fingerprint density at radius 3 is 2.00 bits per heavy atom. The SMILES string of the molecule is CC=C1CCC(=CC)C(=CC)C1. The molecule has 1 rings (SSSR count). The van der Waals surface area contributed by atoms with E-state index in [1.54, 1.807) is 11.1 Å². The molecule has 1 aliphatic carbocycles. The molecule has 0 amide bonds. The molecule has 1 fully saturated rings. The lowest BCUT2D eigenvalue weighted by molar-refractivity contribution is 0.822. The van der Waals surface area contributed by atoms with Crippen molar-refractivity contribution in [1.82, 2.24) is 0 Å². The van der Waals surface area contributed by atoms with E-state index in [0.717, 1.165) is 0 Å². The van der Waals surface area contributed by atoms with Gasteiger partial charge in [-0.2, -0.15) is 0 Å². The number of hydrogen-bond acceptors (Lipinski definition) is 0. The van der Waals surface area contributed by atoms with E-state index in [-0.39, 0.29) is 0 Å². The Labute approximate surface area is 75.7 Å². The van der Waals surface area contributed by atoms with Crippen LogP contribution in [0.25, 0.3) is 0 Å². The lowest BCUT2D eigenvalue weighted by Crippen LogP contribution is -2.01. The molecular formula is C12H18. The van der Waals surface area contributed by atoms with Gasteiger partial charge in [-0.1, -0.05) is 23.8 Å². The van der Waals surface area contributed by atoms with Crippen LogP contribution in [0.15, 0.2) is 34.9 Å². The Hall–Kier alpha value is -0.780. The van der Waals surface area contributed by atoms with Gasteiger partial charge in [0.1, 0.15) is 0 Å². The maximum atomic E-state index is 2.26. The van der Waals surface area contributed by atoms with Crippen LogP contribution in [0.4, 0.5) is 0 Å². The van der Waals surface area contributed by atoms with Crippen LogP contribution in [0.2, 0.25) is 0 Å². The van der Waals surface area contributed by atoms with Crippen LogP contribution < -0.4 is 0 Å². The third-order valence-electron chi connectivity index (χ3n) is 2.65. The zero-order valence-corrected chi connectivity index (χ0v) is 8.35. The molecule has 0 unspecified atom stereocenters. The van der Waals surface area contributed by atoms with Crippen molar-refractivity contribution in [2.45, 2.75) is 40.0 Å². The van der Waals surface area contributed by atoms with Crippen molar-refractivity contribution in [3.63, 3.8) is 0 Å². The summed E-state index contributed by atoms with van der Waals surface area (Å²) in [6.07, 6.45) is 10.4. The molecule has 0 N–H and O–H groups in total. The molecule has 0 nitrogen and oxygen atoms in total. The van der Waals surface area contributed by atoms with Gasteiger partial charge in [0.15, 0.2) is 0 Å². The number of rotatable bonds is 0. The van der Waals surface area contributed by atoms with Crippen LogP contribution in [0.3, 0.4) is 0 Å². The van der Waals surface area contributed by atoms with Gasteiger partial charge < -0.3 is 0 Å². The lowest BCUT2D eigenvalue weighted by Gasteiger charge is -2.20. The van der Waals surface area contributed by atoms with Crippen LogP contribution in [-0.4, -0.2) is 0 Å². The summed E-state index contributed by atoms with van der Waals surface area (Å²) in [5.74, 6) is 0. The normalized spacial score (nSPS) is 28.8. The minimum atomic E-state index is 1.17. The van der Waals surface area contributed by atoms with Crippen molar-refractivity contribution in [1.29, 1.82) is 0 Å². The van der Waals surface area contributed by atoms with Gasteiger partial charge in [-0.15, -0.1) is 0 Å². The highest BCUT2D eigenvalue weighted by atomic mass is 14.2. The highest BCUT2D eigenvalue weighted by Crippen LogP contribution is 2.31. The van der Waals surface area contributed by atoms with Crippen molar-refractivity contribution >= 4 is 0 Å². The molecule has 0 spiro atoms. The largest absolute Gasteiger partial charge is 0.0881 e. The molecule has 0 radical (unpaired) electrons. The molecule has 0 bridgehead atoms.